The van der Waals surface area contributed by atoms with Gasteiger partial charge in [0.05, 0.1) is 5.69 Å². The molecule has 3 aromatic carbocycles. The molecule has 0 saturated carbocycles. The number of nitrogen functional groups attached to an aromatic ring is 1. The molecular formula is C35H42N2O2. The van der Waals surface area contributed by atoms with Crippen molar-refractivity contribution in [3.05, 3.63) is 84.6 Å². The van der Waals surface area contributed by atoms with Gasteiger partial charge in [-0.15, -0.1) is 0 Å². The van der Waals surface area contributed by atoms with E-state index in [0.29, 0.717) is 11.5 Å². The van der Waals surface area contributed by atoms with Crippen molar-refractivity contribution in [2.24, 2.45) is 0 Å². The summed E-state index contributed by atoms with van der Waals surface area (Å²) in [6.45, 7) is 18.9. The van der Waals surface area contributed by atoms with E-state index in [-0.39, 0.29) is 11.0 Å². The number of rotatable bonds is 5. The van der Waals surface area contributed by atoms with Crippen LogP contribution in [-0.4, -0.2) is 16.2 Å². The van der Waals surface area contributed by atoms with Crippen molar-refractivity contribution >= 4 is 5.69 Å². The number of hydrogen-bond acceptors (Lipinski definition) is 4. The molecule has 4 aromatic rings. The van der Waals surface area contributed by atoms with Gasteiger partial charge >= 0.3 is 0 Å². The lowest BCUT2D eigenvalue weighted by Gasteiger charge is -2.28. The number of benzene rings is 3. The first-order valence-electron chi connectivity index (χ1n) is 13.6. The normalized spacial score (nSPS) is 12.3. The fraction of sp³-hybridized carbons (Fsp3) is 0.343. The molecule has 0 spiro atoms. The minimum Gasteiger partial charge on any atom is -0.484 e. The van der Waals surface area contributed by atoms with Crippen molar-refractivity contribution in [1.82, 2.24) is 4.98 Å². The van der Waals surface area contributed by atoms with Gasteiger partial charge in [0.15, 0.2) is 11.5 Å². The molecule has 0 bridgehead atoms. The lowest BCUT2D eigenvalue weighted by atomic mass is 9.86. The Morgan fingerprint density at radius 2 is 1.26 bits per heavy atom. The Kier molecular flexibility index (Phi) is 7.53. The Morgan fingerprint density at radius 1 is 0.615 bits per heavy atom. The van der Waals surface area contributed by atoms with E-state index in [9.17, 15) is 0 Å². The molecule has 204 valence electrons. The predicted octanol–water partition coefficient (Wildman–Crippen LogP) is 9.32. The third-order valence-electron chi connectivity index (χ3n) is 6.29. The number of aromatic nitrogens is 1. The number of nitrogens with zero attached hydrogens (tertiary/aromatic N) is 1. The number of ether oxygens (including phenoxy) is 2. The summed E-state index contributed by atoms with van der Waals surface area (Å²) in [6, 6.07) is 25.0. The third kappa shape index (κ3) is 7.00. The summed E-state index contributed by atoms with van der Waals surface area (Å²) >= 11 is 0. The van der Waals surface area contributed by atoms with Gasteiger partial charge in [-0.05, 0) is 99.5 Å². The van der Waals surface area contributed by atoms with E-state index in [4.69, 9.17) is 20.2 Å². The first kappa shape index (κ1) is 28.2. The average Bonchev–Trinajstić information content (AvgIpc) is 2.83. The van der Waals surface area contributed by atoms with E-state index in [0.717, 1.165) is 39.2 Å². The molecule has 0 atom stereocenters. The molecule has 4 rings (SSSR count). The minimum atomic E-state index is -0.408. The standard InChI is InChI=1S/C35H42N2O2/c1-33(2,3)26-16-13-23(14-17-26)24-15-18-27(29(36)21-24)25-19-20-37-30(22-25)28-11-10-12-31(38-34(4,5)6)32(28)39-35(7,8)9/h10-22H,36H2,1-9H3. The van der Waals surface area contributed by atoms with Gasteiger partial charge in [0.1, 0.15) is 11.2 Å². The predicted molar refractivity (Wildman–Crippen MR) is 164 cm³/mol. The molecule has 0 fully saturated rings. The fourth-order valence-electron chi connectivity index (χ4n) is 4.45. The molecule has 2 N–H and O–H groups in total. The highest BCUT2D eigenvalue weighted by Crippen LogP contribution is 2.42. The molecule has 0 saturated heterocycles. The first-order chi connectivity index (χ1) is 18.1. The lowest BCUT2D eigenvalue weighted by molar-refractivity contribution is 0.0964. The van der Waals surface area contributed by atoms with E-state index in [2.05, 4.69) is 63.2 Å². The largest absolute Gasteiger partial charge is 0.484 e. The highest BCUT2D eigenvalue weighted by molar-refractivity contribution is 5.83. The van der Waals surface area contributed by atoms with Gasteiger partial charge in [-0.1, -0.05) is 63.2 Å². The zero-order chi connectivity index (χ0) is 28.6. The monoisotopic (exact) mass is 522 g/mol. The van der Waals surface area contributed by atoms with Crippen molar-refractivity contribution in [2.45, 2.75) is 78.9 Å². The quantitative estimate of drug-likeness (QED) is 0.265. The van der Waals surface area contributed by atoms with Crippen LogP contribution in [0.4, 0.5) is 5.69 Å². The van der Waals surface area contributed by atoms with E-state index in [1.54, 1.807) is 0 Å². The zero-order valence-corrected chi connectivity index (χ0v) is 24.8. The van der Waals surface area contributed by atoms with Gasteiger partial charge < -0.3 is 15.2 Å². The van der Waals surface area contributed by atoms with Gasteiger partial charge in [-0.2, -0.15) is 0 Å². The minimum absolute atomic E-state index is 0.122. The van der Waals surface area contributed by atoms with Crippen LogP contribution in [0.5, 0.6) is 11.5 Å². The van der Waals surface area contributed by atoms with Gasteiger partial charge in [-0.25, -0.2) is 0 Å². The molecular weight excluding hydrogens is 480 g/mol. The van der Waals surface area contributed by atoms with Crippen LogP contribution in [0.15, 0.2) is 79.0 Å². The summed E-state index contributed by atoms with van der Waals surface area (Å²) < 4.78 is 12.7. The van der Waals surface area contributed by atoms with Crippen molar-refractivity contribution < 1.29 is 9.47 Å². The molecule has 0 aliphatic rings. The molecule has 4 heteroatoms. The van der Waals surface area contributed by atoms with Crippen LogP contribution < -0.4 is 15.2 Å². The Hall–Kier alpha value is -3.79. The Balaban J connectivity index is 1.72. The van der Waals surface area contributed by atoms with Crippen LogP contribution in [-0.2, 0) is 5.41 Å². The van der Waals surface area contributed by atoms with Crippen LogP contribution in [0.25, 0.3) is 33.5 Å². The summed E-state index contributed by atoms with van der Waals surface area (Å²) in [6.07, 6.45) is 1.82. The van der Waals surface area contributed by atoms with Gasteiger partial charge in [0, 0.05) is 23.0 Å². The first-order valence-corrected chi connectivity index (χ1v) is 13.6. The lowest BCUT2D eigenvalue weighted by Crippen LogP contribution is -2.26. The van der Waals surface area contributed by atoms with E-state index in [1.165, 1.54) is 5.56 Å². The van der Waals surface area contributed by atoms with Crippen LogP contribution in [0.1, 0.15) is 67.9 Å². The van der Waals surface area contributed by atoms with Crippen molar-refractivity contribution in [3.63, 3.8) is 0 Å². The molecule has 0 radical (unpaired) electrons. The summed E-state index contributed by atoms with van der Waals surface area (Å²) in [5, 5.41) is 0. The van der Waals surface area contributed by atoms with E-state index < -0.39 is 5.60 Å². The maximum atomic E-state index is 6.62. The van der Waals surface area contributed by atoms with Gasteiger partial charge in [0.25, 0.3) is 0 Å². The van der Waals surface area contributed by atoms with Crippen LogP contribution in [0.2, 0.25) is 0 Å². The molecule has 0 aliphatic carbocycles. The van der Waals surface area contributed by atoms with Crippen LogP contribution in [0.3, 0.4) is 0 Å². The van der Waals surface area contributed by atoms with Crippen LogP contribution in [0, 0.1) is 0 Å². The Bertz CT molecular complexity index is 1450. The highest BCUT2D eigenvalue weighted by atomic mass is 16.5. The number of nitrogens with two attached hydrogens (primary N) is 1. The van der Waals surface area contributed by atoms with Gasteiger partial charge in [-0.3, -0.25) is 4.98 Å². The Labute approximate surface area is 234 Å². The molecule has 39 heavy (non-hydrogen) atoms. The Morgan fingerprint density at radius 3 is 1.85 bits per heavy atom. The molecule has 0 amide bonds. The van der Waals surface area contributed by atoms with Gasteiger partial charge in [0.2, 0.25) is 0 Å². The third-order valence-corrected chi connectivity index (χ3v) is 6.29. The molecule has 1 aromatic heterocycles. The number of hydrogen-bond donors (Lipinski definition) is 1. The molecule has 4 nitrogen and oxygen atoms in total. The molecule has 0 unspecified atom stereocenters. The summed E-state index contributed by atoms with van der Waals surface area (Å²) in [5.74, 6) is 1.38. The summed E-state index contributed by atoms with van der Waals surface area (Å²) in [7, 11) is 0. The second-order valence-electron chi connectivity index (χ2n) is 13.1. The number of para-hydroxylation sites is 1. The van der Waals surface area contributed by atoms with E-state index in [1.807, 2.05) is 78.1 Å². The second kappa shape index (κ2) is 10.4. The average molecular weight is 523 g/mol. The topological polar surface area (TPSA) is 57.4 Å². The van der Waals surface area contributed by atoms with Crippen LogP contribution >= 0.6 is 0 Å². The smallest absolute Gasteiger partial charge is 0.171 e. The van der Waals surface area contributed by atoms with Crippen molar-refractivity contribution in [3.8, 4) is 45.0 Å². The second-order valence-corrected chi connectivity index (χ2v) is 13.1. The summed E-state index contributed by atoms with van der Waals surface area (Å²) in [4.78, 5) is 4.71. The SMILES string of the molecule is CC(C)(C)Oc1cccc(-c2cc(-c3ccc(-c4ccc(C(C)(C)C)cc4)cc3N)ccn2)c1OC(C)(C)C. The fourth-order valence-corrected chi connectivity index (χ4v) is 4.45. The van der Waals surface area contributed by atoms with E-state index >= 15 is 0 Å². The highest BCUT2D eigenvalue weighted by Gasteiger charge is 2.24. The summed E-state index contributed by atoms with van der Waals surface area (Å²) in [5.41, 5.74) is 13.9. The maximum Gasteiger partial charge on any atom is 0.171 e. The number of anilines is 1. The van der Waals surface area contributed by atoms with Crippen molar-refractivity contribution in [2.75, 3.05) is 5.73 Å². The molecule has 0 aliphatic heterocycles. The van der Waals surface area contributed by atoms with Crippen molar-refractivity contribution in [1.29, 1.82) is 0 Å². The maximum absolute atomic E-state index is 6.62. The zero-order valence-electron chi connectivity index (χ0n) is 24.8. The molecule has 1 heterocycles. The number of pyridine rings is 1.